The third-order valence-electron chi connectivity index (χ3n) is 4.26. The second-order valence-corrected chi connectivity index (χ2v) is 7.76. The van der Waals surface area contributed by atoms with E-state index in [1.165, 1.54) is 11.8 Å². The topological polar surface area (TPSA) is 103 Å². The first-order chi connectivity index (χ1) is 15.1. The molecule has 1 unspecified atom stereocenters. The van der Waals surface area contributed by atoms with E-state index < -0.39 is 5.25 Å². The number of benzene rings is 1. The lowest BCUT2D eigenvalue weighted by atomic mass is 10.2. The molecule has 1 N–H and O–H groups in total. The Morgan fingerprint density at radius 1 is 1.03 bits per heavy atom. The number of amides is 1. The van der Waals surface area contributed by atoms with E-state index in [2.05, 4.69) is 20.5 Å². The molecule has 1 amide bonds. The van der Waals surface area contributed by atoms with Crippen molar-refractivity contribution in [3.8, 4) is 28.7 Å². The normalized spacial score (nSPS) is 11.8. The molecule has 3 aromatic heterocycles. The number of thioether (sulfide) groups is 1. The van der Waals surface area contributed by atoms with Gasteiger partial charge in [-0.2, -0.15) is 0 Å². The van der Waals surface area contributed by atoms with E-state index in [1.807, 2.05) is 19.1 Å². The summed E-state index contributed by atoms with van der Waals surface area (Å²) in [5, 5.41) is 11.2. The SMILES string of the molecule is CCOc1ccc(NC(=O)C(C)Sc2nnc(-c3ccco3)c(-c3ccco3)n2)cc1. The molecule has 158 valence electrons. The highest BCUT2D eigenvalue weighted by molar-refractivity contribution is 8.00. The van der Waals surface area contributed by atoms with Gasteiger partial charge in [0.1, 0.15) is 11.4 Å². The molecule has 0 aliphatic carbocycles. The van der Waals surface area contributed by atoms with Gasteiger partial charge in [0.2, 0.25) is 11.1 Å². The third kappa shape index (κ3) is 4.95. The molecule has 0 aliphatic heterocycles. The van der Waals surface area contributed by atoms with E-state index in [4.69, 9.17) is 13.6 Å². The van der Waals surface area contributed by atoms with Crippen molar-refractivity contribution in [3.63, 3.8) is 0 Å². The predicted molar refractivity (Wildman–Crippen MR) is 117 cm³/mol. The summed E-state index contributed by atoms with van der Waals surface area (Å²) in [5.74, 6) is 1.65. The quantitative estimate of drug-likeness (QED) is 0.389. The zero-order valence-corrected chi connectivity index (χ0v) is 17.8. The number of carbonyl (C=O) groups excluding carboxylic acids is 1. The van der Waals surface area contributed by atoms with Crippen molar-refractivity contribution in [2.24, 2.45) is 0 Å². The second-order valence-electron chi connectivity index (χ2n) is 6.45. The van der Waals surface area contributed by atoms with Crippen LogP contribution in [0, 0.1) is 0 Å². The molecule has 0 saturated carbocycles. The summed E-state index contributed by atoms with van der Waals surface area (Å²) in [6.07, 6.45) is 3.11. The number of rotatable bonds is 8. The zero-order chi connectivity index (χ0) is 21.6. The Morgan fingerprint density at radius 3 is 2.32 bits per heavy atom. The summed E-state index contributed by atoms with van der Waals surface area (Å²) in [4.78, 5) is 17.2. The molecule has 0 bridgehead atoms. The highest BCUT2D eigenvalue weighted by Gasteiger charge is 2.21. The molecule has 0 saturated heterocycles. The van der Waals surface area contributed by atoms with E-state index in [-0.39, 0.29) is 5.91 Å². The van der Waals surface area contributed by atoms with Gasteiger partial charge in [-0.25, -0.2) is 4.98 Å². The summed E-state index contributed by atoms with van der Waals surface area (Å²) >= 11 is 1.21. The smallest absolute Gasteiger partial charge is 0.237 e. The molecule has 1 atom stereocenters. The average Bonchev–Trinajstić information content (AvgIpc) is 3.50. The van der Waals surface area contributed by atoms with Crippen LogP contribution < -0.4 is 10.1 Å². The van der Waals surface area contributed by atoms with Gasteiger partial charge in [0, 0.05) is 5.69 Å². The number of furan rings is 2. The molecule has 9 heteroatoms. The molecule has 31 heavy (non-hydrogen) atoms. The lowest BCUT2D eigenvalue weighted by Crippen LogP contribution is -2.22. The minimum Gasteiger partial charge on any atom is -0.494 e. The fraction of sp³-hybridized carbons (Fsp3) is 0.182. The van der Waals surface area contributed by atoms with Gasteiger partial charge in [0.15, 0.2) is 17.2 Å². The van der Waals surface area contributed by atoms with Crippen molar-refractivity contribution in [2.75, 3.05) is 11.9 Å². The van der Waals surface area contributed by atoms with Crippen LogP contribution in [0.15, 0.2) is 75.0 Å². The minimum atomic E-state index is -0.452. The lowest BCUT2D eigenvalue weighted by molar-refractivity contribution is -0.115. The second kappa shape index (κ2) is 9.48. The van der Waals surface area contributed by atoms with Gasteiger partial charge in [-0.05, 0) is 62.4 Å². The average molecular weight is 436 g/mol. The van der Waals surface area contributed by atoms with E-state index in [0.29, 0.717) is 40.4 Å². The molecule has 4 rings (SSSR count). The maximum Gasteiger partial charge on any atom is 0.237 e. The first-order valence-electron chi connectivity index (χ1n) is 9.67. The Balaban J connectivity index is 1.49. The molecule has 3 heterocycles. The van der Waals surface area contributed by atoms with E-state index in [1.54, 1.807) is 55.8 Å². The van der Waals surface area contributed by atoms with E-state index in [0.717, 1.165) is 5.75 Å². The van der Waals surface area contributed by atoms with Crippen molar-refractivity contribution in [1.29, 1.82) is 0 Å². The Kier molecular flexibility index (Phi) is 6.32. The number of nitrogens with one attached hydrogen (secondary N) is 1. The zero-order valence-electron chi connectivity index (χ0n) is 16.9. The number of ether oxygens (including phenoxy) is 1. The van der Waals surface area contributed by atoms with Crippen LogP contribution in [0.1, 0.15) is 13.8 Å². The van der Waals surface area contributed by atoms with Crippen molar-refractivity contribution in [2.45, 2.75) is 24.3 Å². The standard InChI is InChI=1S/C22H20N4O4S/c1-3-28-16-10-8-15(9-11-16)23-21(27)14(2)31-22-24-19(17-6-4-12-29-17)20(25-26-22)18-7-5-13-30-18/h4-14H,3H2,1-2H3,(H,23,27). The first kappa shape index (κ1) is 20.7. The minimum absolute atomic E-state index is 0.174. The van der Waals surface area contributed by atoms with Crippen molar-refractivity contribution < 1.29 is 18.4 Å². The molecule has 0 fully saturated rings. The molecular weight excluding hydrogens is 416 g/mol. The van der Waals surface area contributed by atoms with Crippen molar-refractivity contribution in [1.82, 2.24) is 15.2 Å². The summed E-state index contributed by atoms with van der Waals surface area (Å²) < 4.78 is 16.4. The van der Waals surface area contributed by atoms with E-state index >= 15 is 0 Å². The molecule has 0 radical (unpaired) electrons. The fourth-order valence-corrected chi connectivity index (χ4v) is 3.50. The van der Waals surface area contributed by atoms with Gasteiger partial charge in [0.05, 0.1) is 24.4 Å². The van der Waals surface area contributed by atoms with Crippen LogP contribution in [0.5, 0.6) is 5.75 Å². The lowest BCUT2D eigenvalue weighted by Gasteiger charge is -2.12. The highest BCUT2D eigenvalue weighted by Crippen LogP contribution is 2.31. The Labute approximate surface area is 183 Å². The summed E-state index contributed by atoms with van der Waals surface area (Å²) in [6.45, 7) is 4.29. The number of hydrogen-bond donors (Lipinski definition) is 1. The molecule has 1 aromatic carbocycles. The van der Waals surface area contributed by atoms with Gasteiger partial charge in [-0.15, -0.1) is 10.2 Å². The summed E-state index contributed by atoms with van der Waals surface area (Å²) in [7, 11) is 0. The van der Waals surface area contributed by atoms with Crippen LogP contribution >= 0.6 is 11.8 Å². The molecular formula is C22H20N4O4S. The third-order valence-corrected chi connectivity index (χ3v) is 5.21. The number of hydrogen-bond acceptors (Lipinski definition) is 8. The van der Waals surface area contributed by atoms with Gasteiger partial charge in [-0.3, -0.25) is 4.79 Å². The molecule has 8 nitrogen and oxygen atoms in total. The highest BCUT2D eigenvalue weighted by atomic mass is 32.2. The molecule has 0 aliphatic rings. The largest absolute Gasteiger partial charge is 0.494 e. The van der Waals surface area contributed by atoms with Gasteiger partial charge >= 0.3 is 0 Å². The monoisotopic (exact) mass is 436 g/mol. The van der Waals surface area contributed by atoms with Gasteiger partial charge in [-0.1, -0.05) is 11.8 Å². The Hall–Kier alpha value is -3.59. The maximum atomic E-state index is 12.6. The van der Waals surface area contributed by atoms with Crippen molar-refractivity contribution >= 4 is 23.4 Å². The predicted octanol–water partition coefficient (Wildman–Crippen LogP) is 4.91. The number of nitrogens with zero attached hydrogens (tertiary/aromatic N) is 3. The van der Waals surface area contributed by atoms with E-state index in [9.17, 15) is 4.79 Å². The summed E-state index contributed by atoms with van der Waals surface area (Å²) in [5.41, 5.74) is 1.65. The Bertz CT molecular complexity index is 1130. The van der Waals surface area contributed by atoms with Crippen LogP contribution in [0.2, 0.25) is 0 Å². The van der Waals surface area contributed by atoms with Crippen molar-refractivity contribution in [3.05, 3.63) is 61.1 Å². The maximum absolute atomic E-state index is 12.6. The number of carbonyl (C=O) groups is 1. The van der Waals surface area contributed by atoms with Gasteiger partial charge < -0.3 is 18.9 Å². The van der Waals surface area contributed by atoms with Crippen LogP contribution in [0.4, 0.5) is 5.69 Å². The van der Waals surface area contributed by atoms with Gasteiger partial charge in [0.25, 0.3) is 0 Å². The number of anilines is 1. The first-order valence-corrected chi connectivity index (χ1v) is 10.5. The number of aromatic nitrogens is 3. The van der Waals surface area contributed by atoms with Crippen LogP contribution in [0.25, 0.3) is 22.9 Å². The molecule has 4 aromatic rings. The summed E-state index contributed by atoms with van der Waals surface area (Å²) in [6, 6.07) is 14.3. The van der Waals surface area contributed by atoms with Crippen LogP contribution in [-0.2, 0) is 4.79 Å². The fourth-order valence-electron chi connectivity index (χ4n) is 2.78. The van der Waals surface area contributed by atoms with Crippen LogP contribution in [-0.4, -0.2) is 32.9 Å². The molecule has 0 spiro atoms. The van der Waals surface area contributed by atoms with Crippen LogP contribution in [0.3, 0.4) is 0 Å². The Morgan fingerprint density at radius 2 is 1.71 bits per heavy atom.